The Labute approximate surface area is 847 Å². The summed E-state index contributed by atoms with van der Waals surface area (Å²) >= 11 is 1.75. The van der Waals surface area contributed by atoms with Crippen LogP contribution in [0.2, 0.25) is 0 Å². The van der Waals surface area contributed by atoms with E-state index in [0.717, 1.165) is 38.1 Å². The lowest BCUT2D eigenvalue weighted by Gasteiger charge is -2.05. The van der Waals surface area contributed by atoms with Crippen LogP contribution in [0.4, 0.5) is 9.59 Å². The molecule has 0 aromatic heterocycles. The summed E-state index contributed by atoms with van der Waals surface area (Å²) in [5.41, 5.74) is 8.54. The molecule has 0 unspecified atom stereocenters. The first-order valence-corrected chi connectivity index (χ1v) is 53.3. The number of Topliss-reactive ketones (excluding diaryl/α,β-unsaturated/α-hetero) is 1. The molecular weight excluding hydrogens is 1820 g/mol. The number of ether oxygens (including phenoxy) is 3. The molecule has 0 aliphatic carbocycles. The second kappa shape index (κ2) is 201. The van der Waals surface area contributed by atoms with Crippen LogP contribution in [-0.4, -0.2) is 273 Å². The largest absolute Gasteiger partial charge is 0.469 e. The van der Waals surface area contributed by atoms with Gasteiger partial charge in [0.1, 0.15) is 15.6 Å². The number of sulfone groups is 1. The first-order chi connectivity index (χ1) is 61.6. The first-order valence-electron chi connectivity index (χ1n) is 43.7. The molecule has 2 rings (SSSR count). The van der Waals surface area contributed by atoms with Gasteiger partial charge in [-0.3, -0.25) is 27.6 Å². The lowest BCUT2D eigenvalue weighted by Crippen LogP contribution is -2.35. The summed E-state index contributed by atoms with van der Waals surface area (Å²) < 4.78 is 86.6. The number of rotatable bonds is 2. The number of methoxy groups -OCH3 is 3. The number of ketones is 1. The van der Waals surface area contributed by atoms with Crippen LogP contribution in [0.1, 0.15) is 267 Å². The van der Waals surface area contributed by atoms with E-state index in [2.05, 4.69) is 225 Å². The van der Waals surface area contributed by atoms with Crippen molar-refractivity contribution in [3.8, 4) is 0 Å². The minimum atomic E-state index is -3.16. The smallest absolute Gasteiger partial charge is 0.406 e. The van der Waals surface area contributed by atoms with Crippen LogP contribution in [0.25, 0.3) is 0 Å². The zero-order valence-electron chi connectivity index (χ0n) is 99.7. The van der Waals surface area contributed by atoms with Gasteiger partial charge < -0.3 is 71.1 Å². The number of nitrogens with one attached hydrogen (secondary N) is 8. The van der Waals surface area contributed by atoms with Crippen molar-refractivity contribution in [2.24, 2.45) is 21.3 Å². The summed E-state index contributed by atoms with van der Waals surface area (Å²) in [6, 6.07) is 20.4. The highest BCUT2D eigenvalue weighted by molar-refractivity contribution is 7.97. The number of allylic oxidation sites excluding steroid dienone is 11. The molecule has 135 heavy (non-hydrogen) atoms. The van der Waals surface area contributed by atoms with E-state index in [0.29, 0.717) is 5.41 Å². The summed E-state index contributed by atoms with van der Waals surface area (Å²) in [6.07, 6.45) is 30.2. The lowest BCUT2D eigenvalue weighted by atomic mass is 10.0. The molecule has 2 aromatic rings. The van der Waals surface area contributed by atoms with Crippen molar-refractivity contribution in [3.05, 3.63) is 143 Å². The normalized spacial score (nSPS) is 8.27. The van der Waals surface area contributed by atoms with Gasteiger partial charge in [-0.05, 0) is 224 Å². The fourth-order valence-corrected chi connectivity index (χ4v) is 1.52. The molecule has 0 fully saturated rings. The second-order valence-corrected chi connectivity index (χ2v) is 36.2. The van der Waals surface area contributed by atoms with Gasteiger partial charge in [-0.15, -0.1) is 6.58 Å². The molecule has 824 valence electrons. The molecule has 0 aliphatic heterocycles. The van der Waals surface area contributed by atoms with E-state index in [-0.39, 0.29) is 23.7 Å². The molecule has 6 amide bonds. The number of nitrogens with zero attached hydrogens (tertiary/aromatic N) is 3. The van der Waals surface area contributed by atoms with Crippen molar-refractivity contribution in [2.75, 3.05) is 184 Å². The highest BCUT2D eigenvalue weighted by Gasteiger charge is 2.05. The number of carbonyl (C=O) groups excluding carboxylic acids is 7. The molecule has 0 aliphatic rings. The van der Waals surface area contributed by atoms with E-state index < -0.39 is 58.7 Å². The number of hydrogen-bond acceptors (Lipinski definition) is 23. The van der Waals surface area contributed by atoms with Crippen LogP contribution in [0, 0.1) is 25.2 Å². The molecule has 0 atom stereocenters. The van der Waals surface area contributed by atoms with Gasteiger partial charge in [-0.25, -0.2) is 31.1 Å². The Morgan fingerprint density at radius 2 is 0.630 bits per heavy atom. The first kappa shape index (κ1) is 206. The van der Waals surface area contributed by atoms with Crippen LogP contribution in [0.3, 0.4) is 0 Å². The van der Waals surface area contributed by atoms with Gasteiger partial charge in [-0.2, -0.15) is 20.2 Å². The van der Waals surface area contributed by atoms with Crippen molar-refractivity contribution < 1.29 is 81.4 Å². The SMILES string of the molecule is C/C=C/C.C/C=C\C.C=C(C)C.CC.CC.CC.CC(C)(C)C.CC(C)=C(C)C.CC(C)=O.CC(C)C.CC=C(C)C.CC=CC.CC=NC.CC=NC.CCC.CN(C)C.CNC.CNC(=O)C(=O)NC.CNC(=O)NC.CNC(=O)OC.CNC(C)=O.CNS(C)(=O)=O.COC.COC(C)=O.COS(C)(=O)=O.CS(C)(=O)=O.CS(C)=O.CSC.Cc1ccccc1.Cc1ccccc1. The number of likely N-dealkylation sites (N-methyl/N-ethyl adjacent to an activating group) is 2. The van der Waals surface area contributed by atoms with Crippen molar-refractivity contribution in [3.63, 3.8) is 0 Å². The van der Waals surface area contributed by atoms with Crippen LogP contribution < -0.4 is 41.9 Å². The molecule has 2 aromatic carbocycles. The number of hydrogen-bond donors (Lipinski definition) is 8. The van der Waals surface area contributed by atoms with E-state index in [1.54, 1.807) is 86.2 Å². The zero-order valence-corrected chi connectivity index (χ0v) is 104. The number of alkyl carbamates (subject to hydrolysis) is 1. The highest BCUT2D eigenvalue weighted by atomic mass is 32.2. The predicted molar refractivity (Wildman–Crippen MR) is 615 cm³/mol. The van der Waals surface area contributed by atoms with E-state index in [1.807, 2.05) is 243 Å². The maximum atomic E-state index is 10.2. The minimum Gasteiger partial charge on any atom is -0.469 e. The number of aryl methyl sites for hydroxylation is 2. The van der Waals surface area contributed by atoms with Gasteiger partial charge in [-0.1, -0.05) is 247 Å². The van der Waals surface area contributed by atoms with Crippen LogP contribution in [0.15, 0.2) is 142 Å². The van der Waals surface area contributed by atoms with Gasteiger partial charge in [0.15, 0.2) is 0 Å². The van der Waals surface area contributed by atoms with Gasteiger partial charge in [0.05, 0.1) is 33.8 Å². The lowest BCUT2D eigenvalue weighted by molar-refractivity contribution is -0.138. The fraction of sp³-hybridized carbons (Fsp3) is 0.673. The Hall–Kier alpha value is -7.54. The average molecular weight is 2040 g/mol. The fourth-order valence-electron chi connectivity index (χ4n) is 1.52. The second-order valence-electron chi connectivity index (χ2n) is 27.9. The van der Waals surface area contributed by atoms with Crippen LogP contribution in [0.5, 0.6) is 0 Å². The predicted octanol–water partition coefficient (Wildman–Crippen LogP) is 22.5. The third-order valence-corrected chi connectivity index (χ3v) is 9.14. The summed E-state index contributed by atoms with van der Waals surface area (Å²) in [5.74, 6) is -0.477. The number of carbonyl (C=O) groups is 7. The van der Waals surface area contributed by atoms with E-state index in [9.17, 15) is 63.0 Å². The standard InChI is InChI=1S/2C7H8.C6H12.C5H12.C5H10.C4H8N2O2.C4H10.4C4H8.C3H8N2O.C3H7NO2.C3H7NO.C3H9N.2C3H7N.C3H6O2.C3H6O.C3H8.C2H7NO2S.C2H7N.C2H6O3S.C2H6O2S.C2H6OS.C2H6O.C2H6S.3C2H6/c2*1-7-5-3-2-4-6-7;1-5(2)6(3)4;1-5(2,3)4;1-4-5(2)3;1-5-3(7)4(8)6-2;2*1-4(2)3;3*1-3-4-2;1-4-3(6)5-2;1-4-3(5)6-2;1-3(5)4-2;1-4(2)3;2*1-3-4-2;1-3(4)5-2;1-3(2)4;1-3-2;1-3-6(2,4)5;1-3-2;1-5-6(2,3)4;1-5(2,3)4;1-4(2)3;2*1-3-2;3*1-2/h2*2-6H,1H3;1-4H3;1-4H3;4H,1-3H3;1-2H3,(H,5,7)(H,6,8);4H,1-3H3;1H2,2-3H3;3*3-4H,1-2H3;1-2H3,(H2,4,5,6);1-2H3,(H,4,5);1-2H3,(H,4,5);1-3H3;2*3H,1-2H3;1-2H3;1-2H3;3H2,1-2H3;3H,1-2H3;3H,1-2H3;1-2H3;1-2H3;1-2H3;2*1-2H3;3*1-2H3/b;;;;;;;;4-3+;4-3-;;;;;;;;;;;;;;;;;;;;. The topological polar surface area (TPSA) is 400 Å². The van der Waals surface area contributed by atoms with E-state index >= 15 is 0 Å². The summed E-state index contributed by atoms with van der Waals surface area (Å²) in [4.78, 5) is 78.2. The molecular formula is C101H227N11O18S5. The maximum absolute atomic E-state index is 10.2. The Bertz CT molecular complexity index is 2820. The van der Waals surface area contributed by atoms with Crippen LogP contribution in [-0.2, 0) is 83.1 Å². The molecule has 0 saturated carbocycles. The molecule has 29 nitrogen and oxygen atoms in total. The Morgan fingerprint density at radius 3 is 0.652 bits per heavy atom. The van der Waals surface area contributed by atoms with Gasteiger partial charge in [0.25, 0.3) is 10.1 Å². The third-order valence-electron chi connectivity index (χ3n) is 7.79. The van der Waals surface area contributed by atoms with E-state index in [4.69, 9.17) is 0 Å². The van der Waals surface area contributed by atoms with Crippen molar-refractivity contribution in [2.45, 2.75) is 270 Å². The number of urea groups is 1. The number of amides is 6. The molecule has 8 N–H and O–H groups in total. The van der Waals surface area contributed by atoms with E-state index in [1.165, 1.54) is 110 Å². The molecule has 34 heteroatoms. The highest BCUT2D eigenvalue weighted by Crippen LogP contribution is 2.08. The van der Waals surface area contributed by atoms with Crippen molar-refractivity contribution >= 4 is 107 Å². The summed E-state index contributed by atoms with van der Waals surface area (Å²) in [6.45, 7) is 79.5. The van der Waals surface area contributed by atoms with Crippen molar-refractivity contribution in [1.82, 2.24) is 46.8 Å². The zero-order chi connectivity index (χ0) is 116. The molecule has 0 radical (unpaired) electrons. The summed E-state index contributed by atoms with van der Waals surface area (Å²) in [7, 11) is 21.3. The molecule has 0 heterocycles. The number of thioether (sulfide) groups is 1. The Morgan fingerprint density at radius 1 is 0.489 bits per heavy atom. The average Bonchev–Trinajstić information content (AvgIpc) is 0.990. The number of sulfonamides is 1. The summed E-state index contributed by atoms with van der Waals surface area (Å²) in [5, 5.41) is 16.5. The minimum absolute atomic E-state index is 0.00463. The van der Waals surface area contributed by atoms with Crippen LogP contribution >= 0.6 is 11.8 Å². The Balaban J connectivity index is -0.0000000339. The van der Waals surface area contributed by atoms with Gasteiger partial charge >= 0.3 is 29.9 Å². The van der Waals surface area contributed by atoms with Gasteiger partial charge in [0, 0.05) is 120 Å². The Kier molecular flexibility index (Phi) is 307. The quantitative estimate of drug-likeness (QED) is 0.0455. The van der Waals surface area contributed by atoms with Gasteiger partial charge in [0.2, 0.25) is 15.9 Å². The maximum Gasteiger partial charge on any atom is 0.406 e. The molecule has 0 spiro atoms. The molecule has 0 saturated heterocycles. The third kappa shape index (κ3) is 948. The number of benzene rings is 2. The monoisotopic (exact) mass is 2040 g/mol. The number of esters is 1. The number of aliphatic imine (C=N–C) groups is 2. The van der Waals surface area contributed by atoms with Crippen molar-refractivity contribution in [1.29, 1.82) is 0 Å². The molecule has 0 bridgehead atoms.